The molecule has 0 N–H and O–H groups in total. The summed E-state index contributed by atoms with van der Waals surface area (Å²) < 4.78 is 12.6. The smallest absolute Gasteiger partial charge is 0.164 e. The highest BCUT2D eigenvalue weighted by atomic mass is 16.3. The van der Waals surface area contributed by atoms with Crippen LogP contribution in [0.25, 0.3) is 111 Å². The van der Waals surface area contributed by atoms with Gasteiger partial charge in [0.15, 0.2) is 17.5 Å². The molecule has 5 heteroatoms. The number of fused-ring (bicyclic) bond motifs is 6. The van der Waals surface area contributed by atoms with E-state index in [0.29, 0.717) is 17.5 Å². The Balaban J connectivity index is 1.00. The number of rotatable bonds is 6. The van der Waals surface area contributed by atoms with Gasteiger partial charge in [-0.1, -0.05) is 164 Å². The highest BCUT2D eigenvalue weighted by Crippen LogP contribution is 2.39. The molecule has 0 amide bonds. The zero-order chi connectivity index (χ0) is 37.0. The quantitative estimate of drug-likeness (QED) is 0.171. The van der Waals surface area contributed by atoms with Crippen LogP contribution in [-0.2, 0) is 0 Å². The summed E-state index contributed by atoms with van der Waals surface area (Å²) in [6.07, 6.45) is 0. The van der Waals surface area contributed by atoms with Gasteiger partial charge in [0.25, 0.3) is 0 Å². The van der Waals surface area contributed by atoms with E-state index in [1.54, 1.807) is 0 Å². The molecule has 3 heterocycles. The molecule has 0 fully saturated rings. The maximum absolute atomic E-state index is 6.37. The van der Waals surface area contributed by atoms with Crippen molar-refractivity contribution >= 4 is 43.9 Å². The minimum Gasteiger partial charge on any atom is -0.456 e. The fraction of sp³-hybridized carbons (Fsp3) is 0. The van der Waals surface area contributed by atoms with E-state index in [-0.39, 0.29) is 0 Å². The van der Waals surface area contributed by atoms with Gasteiger partial charge >= 0.3 is 0 Å². The Bertz CT molecular complexity index is 3230. The van der Waals surface area contributed by atoms with Crippen LogP contribution in [0.4, 0.5) is 0 Å². The van der Waals surface area contributed by atoms with Crippen molar-refractivity contribution in [3.63, 3.8) is 0 Å². The van der Waals surface area contributed by atoms with E-state index in [2.05, 4.69) is 140 Å². The molecule has 0 spiro atoms. The highest BCUT2D eigenvalue weighted by Gasteiger charge is 2.18. The molecule has 11 aromatic rings. The second kappa shape index (κ2) is 13.0. The average Bonchev–Trinajstić information content (AvgIpc) is 3.86. The molecule has 56 heavy (non-hydrogen) atoms. The summed E-state index contributed by atoms with van der Waals surface area (Å²) in [5, 5.41) is 4.25. The van der Waals surface area contributed by atoms with Gasteiger partial charge in [0.1, 0.15) is 22.3 Å². The standard InChI is InChI=1S/C51H31N3O2/c1-2-11-32(12-3-1)33-23-27-35(28-24-33)49-52-50(54-51(53-49)43-19-10-22-46-47(43)42-16-5-7-21-45(42)55-46)36-29-25-34(26-30-36)37-13-8-14-38(31-37)39-17-9-18-41-40-15-4-6-20-44(40)56-48(39)41/h1-31H. The van der Waals surface area contributed by atoms with Crippen molar-refractivity contribution in [2.45, 2.75) is 0 Å². The van der Waals surface area contributed by atoms with E-state index < -0.39 is 0 Å². The van der Waals surface area contributed by atoms with E-state index in [9.17, 15) is 0 Å². The molecule has 0 aliphatic carbocycles. The van der Waals surface area contributed by atoms with E-state index in [0.717, 1.165) is 93.9 Å². The largest absolute Gasteiger partial charge is 0.456 e. The SMILES string of the molecule is c1ccc(-c2ccc(-c3nc(-c4ccc(-c5cccc(-c6cccc7c6oc6ccccc67)c5)cc4)nc(-c4cccc5oc6ccccc6c45)n3)cc2)cc1. The molecule has 0 bridgehead atoms. The fourth-order valence-electron chi connectivity index (χ4n) is 7.81. The molecule has 0 unspecified atom stereocenters. The zero-order valence-electron chi connectivity index (χ0n) is 30.1. The molecule has 11 rings (SSSR count). The van der Waals surface area contributed by atoms with Gasteiger partial charge in [0.2, 0.25) is 0 Å². The summed E-state index contributed by atoms with van der Waals surface area (Å²) in [5.74, 6) is 1.79. The summed E-state index contributed by atoms with van der Waals surface area (Å²) in [6, 6.07) is 64.6. The van der Waals surface area contributed by atoms with E-state index >= 15 is 0 Å². The Morgan fingerprint density at radius 1 is 0.286 bits per heavy atom. The monoisotopic (exact) mass is 717 g/mol. The minimum atomic E-state index is 0.589. The number of hydrogen-bond donors (Lipinski definition) is 0. The third-order valence-electron chi connectivity index (χ3n) is 10.6. The Morgan fingerprint density at radius 2 is 0.768 bits per heavy atom. The van der Waals surface area contributed by atoms with Crippen molar-refractivity contribution < 1.29 is 8.83 Å². The van der Waals surface area contributed by atoms with Crippen LogP contribution in [0.5, 0.6) is 0 Å². The van der Waals surface area contributed by atoms with Gasteiger partial charge < -0.3 is 8.83 Å². The molecule has 8 aromatic carbocycles. The molecule has 5 nitrogen and oxygen atoms in total. The lowest BCUT2D eigenvalue weighted by molar-refractivity contribution is 0.669. The normalized spacial score (nSPS) is 11.6. The minimum absolute atomic E-state index is 0.589. The Kier molecular flexibility index (Phi) is 7.42. The third-order valence-corrected chi connectivity index (χ3v) is 10.6. The lowest BCUT2D eigenvalue weighted by atomic mass is 9.97. The number of hydrogen-bond acceptors (Lipinski definition) is 5. The van der Waals surface area contributed by atoms with Gasteiger partial charge in [-0.25, -0.2) is 15.0 Å². The van der Waals surface area contributed by atoms with Crippen molar-refractivity contribution in [1.82, 2.24) is 15.0 Å². The second-order valence-electron chi connectivity index (χ2n) is 14.0. The van der Waals surface area contributed by atoms with Crippen LogP contribution >= 0.6 is 0 Å². The van der Waals surface area contributed by atoms with Crippen LogP contribution in [0.3, 0.4) is 0 Å². The summed E-state index contributed by atoms with van der Waals surface area (Å²) in [4.78, 5) is 15.3. The van der Waals surface area contributed by atoms with E-state index in [1.165, 1.54) is 0 Å². The first-order valence-electron chi connectivity index (χ1n) is 18.7. The molecule has 0 aliphatic rings. The fourth-order valence-corrected chi connectivity index (χ4v) is 7.81. The van der Waals surface area contributed by atoms with Crippen LogP contribution in [-0.4, -0.2) is 15.0 Å². The lowest BCUT2D eigenvalue weighted by Gasteiger charge is -2.11. The van der Waals surface area contributed by atoms with Crippen molar-refractivity contribution in [2.24, 2.45) is 0 Å². The maximum Gasteiger partial charge on any atom is 0.164 e. The first-order valence-corrected chi connectivity index (χ1v) is 18.7. The predicted molar refractivity (Wildman–Crippen MR) is 227 cm³/mol. The number of benzene rings is 8. The van der Waals surface area contributed by atoms with Gasteiger partial charge in [-0.2, -0.15) is 0 Å². The maximum atomic E-state index is 6.37. The zero-order valence-corrected chi connectivity index (χ0v) is 30.1. The van der Waals surface area contributed by atoms with Crippen molar-refractivity contribution in [3.05, 3.63) is 188 Å². The average molecular weight is 718 g/mol. The van der Waals surface area contributed by atoms with E-state index in [4.69, 9.17) is 23.8 Å². The molecule has 0 saturated heterocycles. The van der Waals surface area contributed by atoms with Gasteiger partial charge in [0.05, 0.1) is 0 Å². The summed E-state index contributed by atoms with van der Waals surface area (Å²) in [7, 11) is 0. The van der Waals surface area contributed by atoms with E-state index in [1.807, 2.05) is 48.5 Å². The number of para-hydroxylation sites is 3. The van der Waals surface area contributed by atoms with Crippen molar-refractivity contribution in [2.75, 3.05) is 0 Å². The van der Waals surface area contributed by atoms with Crippen LogP contribution < -0.4 is 0 Å². The summed E-state index contributed by atoms with van der Waals surface area (Å²) in [6.45, 7) is 0. The molecule has 0 aliphatic heterocycles. The molecule has 3 aromatic heterocycles. The number of nitrogens with zero attached hydrogens (tertiary/aromatic N) is 3. The van der Waals surface area contributed by atoms with Gasteiger partial charge in [-0.15, -0.1) is 0 Å². The summed E-state index contributed by atoms with van der Waals surface area (Å²) in [5.41, 5.74) is 12.8. The van der Waals surface area contributed by atoms with Gasteiger partial charge in [-0.3, -0.25) is 0 Å². The first-order chi connectivity index (χ1) is 27.7. The second-order valence-corrected chi connectivity index (χ2v) is 14.0. The van der Waals surface area contributed by atoms with Crippen molar-refractivity contribution in [1.29, 1.82) is 0 Å². The number of furan rings is 2. The summed E-state index contributed by atoms with van der Waals surface area (Å²) >= 11 is 0. The van der Waals surface area contributed by atoms with Crippen molar-refractivity contribution in [3.8, 4) is 67.5 Å². The highest BCUT2D eigenvalue weighted by molar-refractivity contribution is 6.12. The molecule has 0 atom stereocenters. The van der Waals surface area contributed by atoms with Crippen LogP contribution in [0.2, 0.25) is 0 Å². The van der Waals surface area contributed by atoms with Gasteiger partial charge in [-0.05, 0) is 52.1 Å². The predicted octanol–water partition coefficient (Wildman–Crippen LogP) is 13.7. The Morgan fingerprint density at radius 3 is 1.52 bits per heavy atom. The van der Waals surface area contributed by atoms with Crippen LogP contribution in [0.1, 0.15) is 0 Å². The topological polar surface area (TPSA) is 65.0 Å². The van der Waals surface area contributed by atoms with Crippen LogP contribution in [0, 0.1) is 0 Å². The number of aromatic nitrogens is 3. The van der Waals surface area contributed by atoms with Crippen LogP contribution in [0.15, 0.2) is 197 Å². The molecule has 0 saturated carbocycles. The molecule has 262 valence electrons. The third kappa shape index (κ3) is 5.45. The van der Waals surface area contributed by atoms with Gasteiger partial charge in [0, 0.05) is 43.8 Å². The lowest BCUT2D eigenvalue weighted by Crippen LogP contribution is -2.00. The molecular formula is C51H31N3O2. The Labute approximate surface area is 322 Å². The molecular weight excluding hydrogens is 687 g/mol. The first kappa shape index (κ1) is 31.9. The molecule has 0 radical (unpaired) electrons. The Hall–Kier alpha value is -7.63.